The Kier molecular flexibility index (Phi) is 7.12. The molecule has 0 radical (unpaired) electrons. The van der Waals surface area contributed by atoms with E-state index < -0.39 is 0 Å². The summed E-state index contributed by atoms with van der Waals surface area (Å²) in [5.74, 6) is 0. The average Bonchev–Trinajstić information content (AvgIpc) is 3.64. The minimum Gasteiger partial charge on any atom is -0.310 e. The first-order valence-electron chi connectivity index (χ1n) is 17.3. The van der Waals surface area contributed by atoms with Crippen molar-refractivity contribution in [1.82, 2.24) is 0 Å². The zero-order valence-electron chi connectivity index (χ0n) is 28.6. The van der Waals surface area contributed by atoms with Gasteiger partial charge in [0.1, 0.15) is 0 Å². The summed E-state index contributed by atoms with van der Waals surface area (Å²) in [4.78, 5) is 2.45. The molecule has 1 aromatic heterocycles. The lowest BCUT2D eigenvalue weighted by Gasteiger charge is -2.29. The van der Waals surface area contributed by atoms with E-state index in [1.54, 1.807) is 0 Å². The van der Waals surface area contributed by atoms with Crippen LogP contribution in [-0.4, -0.2) is 0 Å². The second kappa shape index (κ2) is 11.7. The summed E-state index contributed by atoms with van der Waals surface area (Å²) in [6, 6.07) is 51.4. The fourth-order valence-corrected chi connectivity index (χ4v) is 9.40. The molecule has 0 N–H and O–H groups in total. The Morgan fingerprint density at radius 1 is 0.620 bits per heavy atom. The number of allylic oxidation sites excluding steroid dienone is 1. The molecule has 1 aliphatic carbocycles. The molecular formula is C48H37NS. The molecule has 2 heteroatoms. The molecule has 8 aromatic rings. The van der Waals surface area contributed by atoms with Gasteiger partial charge in [0, 0.05) is 47.9 Å². The summed E-state index contributed by atoms with van der Waals surface area (Å²) < 4.78 is 2.71. The van der Waals surface area contributed by atoms with Crippen molar-refractivity contribution in [1.29, 1.82) is 0 Å². The highest BCUT2D eigenvalue weighted by Crippen LogP contribution is 2.55. The lowest BCUT2D eigenvalue weighted by molar-refractivity contribution is 0.661. The third-order valence-electron chi connectivity index (χ3n) is 10.5. The van der Waals surface area contributed by atoms with Gasteiger partial charge >= 0.3 is 0 Å². The van der Waals surface area contributed by atoms with Crippen LogP contribution in [0.2, 0.25) is 0 Å². The monoisotopic (exact) mass is 659 g/mol. The molecule has 240 valence electrons. The topological polar surface area (TPSA) is 3.24 Å². The van der Waals surface area contributed by atoms with Crippen molar-refractivity contribution in [3.8, 4) is 22.3 Å². The van der Waals surface area contributed by atoms with Gasteiger partial charge in [-0.05, 0) is 87.7 Å². The van der Waals surface area contributed by atoms with Crippen molar-refractivity contribution in [3.05, 3.63) is 174 Å². The average molecular weight is 660 g/mol. The molecule has 7 aromatic carbocycles. The van der Waals surface area contributed by atoms with Gasteiger partial charge in [-0.25, -0.2) is 0 Å². The van der Waals surface area contributed by atoms with Crippen LogP contribution in [0.4, 0.5) is 17.1 Å². The Bertz CT molecular complexity index is 2640. The smallest absolute Gasteiger partial charge is 0.0546 e. The number of hydrogen-bond donors (Lipinski definition) is 0. The van der Waals surface area contributed by atoms with Gasteiger partial charge in [-0.1, -0.05) is 142 Å². The third-order valence-corrected chi connectivity index (χ3v) is 11.7. The molecule has 0 unspecified atom stereocenters. The molecule has 1 nitrogen and oxygen atoms in total. The van der Waals surface area contributed by atoms with Gasteiger partial charge in [-0.15, -0.1) is 11.3 Å². The number of thiophene rings is 1. The van der Waals surface area contributed by atoms with Crippen LogP contribution in [0.1, 0.15) is 43.0 Å². The summed E-state index contributed by atoms with van der Waals surface area (Å²) >= 11 is 1.92. The predicted molar refractivity (Wildman–Crippen MR) is 219 cm³/mol. The van der Waals surface area contributed by atoms with Crippen molar-refractivity contribution in [2.45, 2.75) is 26.2 Å². The van der Waals surface area contributed by atoms with E-state index in [4.69, 9.17) is 0 Å². The second-order valence-corrected chi connectivity index (χ2v) is 14.8. The molecule has 50 heavy (non-hydrogen) atoms. The molecule has 0 bridgehead atoms. The number of benzene rings is 7. The van der Waals surface area contributed by atoms with E-state index in [-0.39, 0.29) is 5.41 Å². The summed E-state index contributed by atoms with van der Waals surface area (Å²) in [6.45, 7) is 11.1. The molecule has 0 saturated carbocycles. The quantitative estimate of drug-likeness (QED) is 0.172. The molecule has 1 aliphatic rings. The van der Waals surface area contributed by atoms with Crippen molar-refractivity contribution in [2.75, 3.05) is 4.90 Å². The van der Waals surface area contributed by atoms with E-state index in [1.165, 1.54) is 64.3 Å². The first-order valence-corrected chi connectivity index (χ1v) is 18.2. The lowest BCUT2D eigenvalue weighted by atomic mass is 9.82. The molecule has 0 atom stereocenters. The fraction of sp³-hybridized carbons (Fsp3) is 0.0833. The Labute approximate surface area is 298 Å². The first kappa shape index (κ1) is 30.4. The van der Waals surface area contributed by atoms with E-state index in [1.807, 2.05) is 17.4 Å². The van der Waals surface area contributed by atoms with Gasteiger partial charge in [0.15, 0.2) is 0 Å². The molecular weight excluding hydrogens is 623 g/mol. The van der Waals surface area contributed by atoms with E-state index in [9.17, 15) is 0 Å². The summed E-state index contributed by atoms with van der Waals surface area (Å²) in [7, 11) is 0. The molecule has 9 rings (SSSR count). The maximum absolute atomic E-state index is 4.22. The van der Waals surface area contributed by atoms with Crippen LogP contribution in [-0.2, 0) is 5.41 Å². The van der Waals surface area contributed by atoms with Crippen molar-refractivity contribution in [2.24, 2.45) is 0 Å². The molecule has 0 spiro atoms. The summed E-state index contributed by atoms with van der Waals surface area (Å²) in [6.07, 6.45) is 6.30. The van der Waals surface area contributed by atoms with E-state index >= 15 is 0 Å². The van der Waals surface area contributed by atoms with Crippen LogP contribution in [0.15, 0.2) is 152 Å². The Morgan fingerprint density at radius 2 is 1.28 bits per heavy atom. The largest absolute Gasteiger partial charge is 0.310 e. The Balaban J connectivity index is 1.32. The lowest BCUT2D eigenvalue weighted by Crippen LogP contribution is -2.15. The number of anilines is 3. The van der Waals surface area contributed by atoms with Crippen LogP contribution in [0, 0.1) is 0 Å². The normalized spacial score (nSPS) is 13.3. The van der Waals surface area contributed by atoms with Gasteiger partial charge < -0.3 is 4.90 Å². The summed E-state index contributed by atoms with van der Waals surface area (Å²) in [5, 5.41) is 5.06. The van der Waals surface area contributed by atoms with Crippen LogP contribution in [0.5, 0.6) is 0 Å². The predicted octanol–water partition coefficient (Wildman–Crippen LogP) is 14.3. The van der Waals surface area contributed by atoms with Gasteiger partial charge in [0.25, 0.3) is 0 Å². The molecule has 0 saturated heterocycles. The fourth-order valence-electron chi connectivity index (χ4n) is 8.14. The van der Waals surface area contributed by atoms with Gasteiger partial charge in [0.05, 0.1) is 5.69 Å². The Morgan fingerprint density at radius 3 is 2.04 bits per heavy atom. The molecule has 0 fully saturated rings. The number of fused-ring (bicyclic) bond motifs is 8. The van der Waals surface area contributed by atoms with Gasteiger partial charge in [-0.2, -0.15) is 0 Å². The minimum atomic E-state index is -0.104. The van der Waals surface area contributed by atoms with E-state index in [0.29, 0.717) is 0 Å². The van der Waals surface area contributed by atoms with Crippen LogP contribution in [0.3, 0.4) is 0 Å². The van der Waals surface area contributed by atoms with Crippen LogP contribution < -0.4 is 4.90 Å². The zero-order chi connectivity index (χ0) is 34.0. The summed E-state index contributed by atoms with van der Waals surface area (Å²) in [5.41, 5.74) is 13.5. The van der Waals surface area contributed by atoms with Crippen LogP contribution in [0.25, 0.3) is 65.4 Å². The molecule has 1 heterocycles. The second-order valence-electron chi connectivity index (χ2n) is 13.7. The Hall–Kier alpha value is -5.70. The zero-order valence-corrected chi connectivity index (χ0v) is 29.4. The minimum absolute atomic E-state index is 0.104. The van der Waals surface area contributed by atoms with Crippen molar-refractivity contribution < 1.29 is 0 Å². The highest BCUT2D eigenvalue weighted by Gasteiger charge is 2.37. The number of rotatable bonds is 6. The third kappa shape index (κ3) is 4.60. The van der Waals surface area contributed by atoms with Crippen molar-refractivity contribution in [3.63, 3.8) is 0 Å². The van der Waals surface area contributed by atoms with E-state index in [0.717, 1.165) is 28.2 Å². The standard InChI is InChI=1S/C48H37NS/c1-5-14-33-29-44(38-18-11-10-17-37(38)36(33)6-2)49(34-23-21-32(22-24-34)31-15-8-7-9-16-31)35-25-27-42-41(30-35)46-43(48(42,3)4)28-26-40-39-19-12-13-20-45(39)50-47(40)46/h5-30H,2H2,1,3-4H3/b14-5-. The van der Waals surface area contributed by atoms with E-state index in [2.05, 4.69) is 184 Å². The SMILES string of the molecule is C=Cc1c(/C=C\C)cc(N(c2ccc(-c3ccccc3)cc2)c2ccc3c(c2)-c2c(ccc4c2sc2ccccc24)C3(C)C)c2ccccc12. The number of hydrogen-bond acceptors (Lipinski definition) is 2. The molecule has 0 aliphatic heterocycles. The first-order chi connectivity index (χ1) is 24.5. The van der Waals surface area contributed by atoms with Crippen molar-refractivity contribution >= 4 is 71.5 Å². The van der Waals surface area contributed by atoms with Gasteiger partial charge in [-0.3, -0.25) is 0 Å². The number of nitrogens with zero attached hydrogens (tertiary/aromatic N) is 1. The highest BCUT2D eigenvalue weighted by atomic mass is 32.1. The maximum atomic E-state index is 4.22. The highest BCUT2D eigenvalue weighted by molar-refractivity contribution is 7.26. The van der Waals surface area contributed by atoms with Gasteiger partial charge in [0.2, 0.25) is 0 Å². The van der Waals surface area contributed by atoms with Crippen LogP contribution >= 0.6 is 11.3 Å². The maximum Gasteiger partial charge on any atom is 0.0546 e. The molecule has 0 amide bonds.